The first kappa shape index (κ1) is 16.8. The lowest BCUT2D eigenvalue weighted by molar-refractivity contribution is -0.113. The number of aliphatic imine (C=N–C) groups is 1. The van der Waals surface area contributed by atoms with E-state index in [2.05, 4.69) is 9.98 Å². The number of hydrogen-bond donors (Lipinski definition) is 1. The molecule has 7 heteroatoms. The number of ketones is 1. The van der Waals surface area contributed by atoms with Crippen LogP contribution in [0.4, 0.5) is 4.39 Å². The highest BCUT2D eigenvalue weighted by Crippen LogP contribution is 2.25. The SMILES string of the molecule is Cc1ccc2ccc(C3=NC(n4ccc(=O)c(O)c4)=CC(=O)C3)c(F)c2n1. The zero-order valence-corrected chi connectivity index (χ0v) is 14.3. The van der Waals surface area contributed by atoms with Crippen molar-refractivity contribution >= 4 is 28.2 Å². The summed E-state index contributed by atoms with van der Waals surface area (Å²) in [6, 6.07) is 8.05. The van der Waals surface area contributed by atoms with Crippen LogP contribution < -0.4 is 5.43 Å². The molecule has 0 amide bonds. The van der Waals surface area contributed by atoms with Crippen molar-refractivity contribution in [2.75, 3.05) is 0 Å². The van der Waals surface area contributed by atoms with E-state index in [-0.39, 0.29) is 34.8 Å². The van der Waals surface area contributed by atoms with Gasteiger partial charge in [0, 0.05) is 35.0 Å². The van der Waals surface area contributed by atoms with Gasteiger partial charge in [0.2, 0.25) is 5.43 Å². The third-order valence-electron chi connectivity index (χ3n) is 4.30. The van der Waals surface area contributed by atoms with Crippen LogP contribution in [0.2, 0.25) is 0 Å². The normalized spacial score (nSPS) is 14.2. The van der Waals surface area contributed by atoms with E-state index < -0.39 is 17.0 Å². The summed E-state index contributed by atoms with van der Waals surface area (Å²) < 4.78 is 16.4. The van der Waals surface area contributed by atoms with Gasteiger partial charge in [0.15, 0.2) is 17.3 Å². The largest absolute Gasteiger partial charge is 0.503 e. The minimum atomic E-state index is -0.541. The molecule has 1 aliphatic heterocycles. The Morgan fingerprint density at radius 2 is 1.93 bits per heavy atom. The fraction of sp³-hybridized carbons (Fsp3) is 0.100. The van der Waals surface area contributed by atoms with Crippen LogP contribution in [0.15, 0.2) is 58.6 Å². The third-order valence-corrected chi connectivity index (χ3v) is 4.30. The molecule has 0 spiro atoms. The summed E-state index contributed by atoms with van der Waals surface area (Å²) >= 11 is 0. The second-order valence-corrected chi connectivity index (χ2v) is 6.26. The maximum absolute atomic E-state index is 15.0. The van der Waals surface area contributed by atoms with Crippen LogP contribution in [0, 0.1) is 12.7 Å². The molecule has 2 aromatic heterocycles. The molecule has 134 valence electrons. The van der Waals surface area contributed by atoms with E-state index in [1.807, 2.05) is 0 Å². The number of halogens is 1. The Hall–Kier alpha value is -3.61. The Morgan fingerprint density at radius 1 is 1.15 bits per heavy atom. The number of rotatable bonds is 2. The second kappa shape index (κ2) is 6.28. The number of pyridine rings is 2. The maximum atomic E-state index is 15.0. The molecule has 0 atom stereocenters. The molecular formula is C20H14FN3O3. The molecule has 0 unspecified atom stereocenters. The van der Waals surface area contributed by atoms with Gasteiger partial charge in [-0.15, -0.1) is 0 Å². The van der Waals surface area contributed by atoms with Gasteiger partial charge in [0.25, 0.3) is 0 Å². The maximum Gasteiger partial charge on any atom is 0.223 e. The summed E-state index contributed by atoms with van der Waals surface area (Å²) in [5, 5.41) is 10.3. The van der Waals surface area contributed by atoms with Crippen LogP contribution in [-0.2, 0) is 4.79 Å². The molecule has 1 aromatic carbocycles. The number of benzene rings is 1. The van der Waals surface area contributed by atoms with E-state index in [1.165, 1.54) is 16.8 Å². The van der Waals surface area contributed by atoms with Gasteiger partial charge >= 0.3 is 0 Å². The summed E-state index contributed by atoms with van der Waals surface area (Å²) in [5.74, 6) is -1.07. The van der Waals surface area contributed by atoms with Crippen molar-refractivity contribution < 1.29 is 14.3 Å². The lowest BCUT2D eigenvalue weighted by atomic mass is 10.00. The van der Waals surface area contributed by atoms with Crippen molar-refractivity contribution in [3.05, 3.63) is 76.1 Å². The Kier molecular flexibility index (Phi) is 3.92. The van der Waals surface area contributed by atoms with Crippen LogP contribution in [0.5, 0.6) is 5.75 Å². The first-order valence-corrected chi connectivity index (χ1v) is 8.22. The number of hydrogen-bond acceptors (Lipinski definition) is 5. The van der Waals surface area contributed by atoms with Gasteiger partial charge in [0.1, 0.15) is 11.3 Å². The fourth-order valence-electron chi connectivity index (χ4n) is 2.95. The van der Waals surface area contributed by atoms with Gasteiger partial charge in [-0.2, -0.15) is 0 Å². The predicted octanol–water partition coefficient (Wildman–Crippen LogP) is 2.81. The van der Waals surface area contributed by atoms with Crippen molar-refractivity contribution in [1.82, 2.24) is 9.55 Å². The average Bonchev–Trinajstić information content (AvgIpc) is 2.64. The molecule has 0 aliphatic carbocycles. The first-order chi connectivity index (χ1) is 12.9. The van der Waals surface area contributed by atoms with E-state index in [9.17, 15) is 14.7 Å². The molecule has 0 bridgehead atoms. The monoisotopic (exact) mass is 363 g/mol. The highest BCUT2D eigenvalue weighted by Gasteiger charge is 2.21. The van der Waals surface area contributed by atoms with Gasteiger partial charge in [-0.05, 0) is 19.1 Å². The number of aromatic nitrogens is 2. The van der Waals surface area contributed by atoms with Crippen LogP contribution in [0.3, 0.4) is 0 Å². The fourth-order valence-corrected chi connectivity index (χ4v) is 2.95. The van der Waals surface area contributed by atoms with Crippen molar-refractivity contribution in [2.24, 2.45) is 4.99 Å². The highest BCUT2D eigenvalue weighted by atomic mass is 19.1. The van der Waals surface area contributed by atoms with Gasteiger partial charge < -0.3 is 9.67 Å². The van der Waals surface area contributed by atoms with E-state index in [0.29, 0.717) is 11.1 Å². The standard InChI is InChI=1S/C20H14FN3O3/c1-11-2-3-12-4-5-14(19(21)20(12)22-11)15-8-13(25)9-18(23-15)24-7-6-16(26)17(27)10-24/h2-7,9-10,27H,8H2,1H3. The minimum absolute atomic E-state index is 0.0517. The number of fused-ring (bicyclic) bond motifs is 1. The summed E-state index contributed by atoms with van der Waals surface area (Å²) in [4.78, 5) is 32.2. The number of aryl methyl sites for hydroxylation is 1. The number of allylic oxidation sites excluding steroid dienone is 1. The van der Waals surface area contributed by atoms with E-state index in [4.69, 9.17) is 0 Å². The number of aromatic hydroxyl groups is 1. The molecule has 3 aromatic rings. The Morgan fingerprint density at radius 3 is 2.70 bits per heavy atom. The van der Waals surface area contributed by atoms with Crippen molar-refractivity contribution in [2.45, 2.75) is 13.3 Å². The van der Waals surface area contributed by atoms with E-state index in [0.717, 1.165) is 12.3 Å². The number of nitrogens with zero attached hydrogens (tertiary/aromatic N) is 3. The summed E-state index contributed by atoms with van der Waals surface area (Å²) in [5.41, 5.74) is 0.827. The molecule has 1 N–H and O–H groups in total. The molecule has 0 saturated carbocycles. The minimum Gasteiger partial charge on any atom is -0.503 e. The predicted molar refractivity (Wildman–Crippen MR) is 99.2 cm³/mol. The summed E-state index contributed by atoms with van der Waals surface area (Å²) in [6.45, 7) is 1.77. The topological polar surface area (TPSA) is 84.5 Å². The van der Waals surface area contributed by atoms with Gasteiger partial charge in [-0.3, -0.25) is 14.6 Å². The summed E-state index contributed by atoms with van der Waals surface area (Å²) in [7, 11) is 0. The van der Waals surface area contributed by atoms with Gasteiger partial charge in [-0.25, -0.2) is 9.38 Å². The molecule has 0 radical (unpaired) electrons. The van der Waals surface area contributed by atoms with Crippen LogP contribution in [0.1, 0.15) is 17.7 Å². The molecule has 0 saturated heterocycles. The van der Waals surface area contributed by atoms with Crippen LogP contribution >= 0.6 is 0 Å². The molecule has 1 aliphatic rings. The highest BCUT2D eigenvalue weighted by molar-refractivity contribution is 6.19. The van der Waals surface area contributed by atoms with Gasteiger partial charge in [0.05, 0.1) is 18.3 Å². The van der Waals surface area contributed by atoms with Crippen LogP contribution in [-0.4, -0.2) is 26.2 Å². The molecule has 27 heavy (non-hydrogen) atoms. The van der Waals surface area contributed by atoms with Crippen LogP contribution in [0.25, 0.3) is 16.7 Å². The zero-order chi connectivity index (χ0) is 19.1. The van der Waals surface area contributed by atoms with Crippen molar-refractivity contribution in [3.8, 4) is 5.75 Å². The first-order valence-electron chi connectivity index (χ1n) is 8.22. The smallest absolute Gasteiger partial charge is 0.223 e. The van der Waals surface area contributed by atoms with E-state index in [1.54, 1.807) is 31.2 Å². The quantitative estimate of drug-likeness (QED) is 0.759. The Bertz CT molecular complexity index is 1220. The van der Waals surface area contributed by atoms with Crippen molar-refractivity contribution in [3.63, 3.8) is 0 Å². The second-order valence-electron chi connectivity index (χ2n) is 6.26. The molecule has 0 fully saturated rings. The molecular weight excluding hydrogens is 349 g/mol. The Labute approximate surface area is 152 Å². The third kappa shape index (κ3) is 3.03. The Balaban J connectivity index is 1.85. The van der Waals surface area contributed by atoms with E-state index >= 15 is 4.39 Å². The molecule has 3 heterocycles. The lowest BCUT2D eigenvalue weighted by Gasteiger charge is -2.15. The lowest BCUT2D eigenvalue weighted by Crippen LogP contribution is -2.16. The van der Waals surface area contributed by atoms with Crippen molar-refractivity contribution in [1.29, 1.82) is 0 Å². The average molecular weight is 363 g/mol. The molecule has 4 rings (SSSR count). The number of carbonyl (C=O) groups excluding carboxylic acids is 1. The van der Waals surface area contributed by atoms with Gasteiger partial charge in [-0.1, -0.05) is 12.1 Å². The molecule has 6 nitrogen and oxygen atoms in total. The number of carbonyl (C=O) groups is 1. The summed E-state index contributed by atoms with van der Waals surface area (Å²) in [6.07, 6.45) is 3.78. The zero-order valence-electron chi connectivity index (χ0n) is 14.3.